The number of aliphatic carboxylic acids is 1. The van der Waals surface area contributed by atoms with E-state index in [0.717, 1.165) is 24.3 Å². The molecule has 104 valence electrons. The molecule has 0 aliphatic heterocycles. The molecular formula is C14H12F2N2O2. The van der Waals surface area contributed by atoms with E-state index >= 15 is 0 Å². The van der Waals surface area contributed by atoms with Gasteiger partial charge in [-0.25, -0.2) is 18.6 Å². The third-order valence-electron chi connectivity index (χ3n) is 2.95. The average molecular weight is 278 g/mol. The normalized spacial score (nSPS) is 11.2. The van der Waals surface area contributed by atoms with Gasteiger partial charge in [0.15, 0.2) is 11.6 Å². The van der Waals surface area contributed by atoms with Crippen LogP contribution in [0.1, 0.15) is 17.0 Å². The highest BCUT2D eigenvalue weighted by Gasteiger charge is 2.15. The van der Waals surface area contributed by atoms with Gasteiger partial charge in [0.2, 0.25) is 0 Å². The highest BCUT2D eigenvalue weighted by Crippen LogP contribution is 2.22. The van der Waals surface area contributed by atoms with E-state index < -0.39 is 17.6 Å². The molecule has 0 saturated heterocycles. The lowest BCUT2D eigenvalue weighted by atomic mass is 10.1. The van der Waals surface area contributed by atoms with Crippen molar-refractivity contribution in [1.82, 2.24) is 9.55 Å². The average Bonchev–Trinajstić information content (AvgIpc) is 2.68. The summed E-state index contributed by atoms with van der Waals surface area (Å²) in [4.78, 5) is 14.4. The number of imidazole rings is 1. The molecule has 0 radical (unpaired) electrons. The second-order valence-corrected chi connectivity index (χ2v) is 4.29. The summed E-state index contributed by atoms with van der Waals surface area (Å²) in [6.45, 7) is 3.45. The molecule has 4 nitrogen and oxygen atoms in total. The van der Waals surface area contributed by atoms with Crippen LogP contribution in [-0.4, -0.2) is 20.6 Å². The van der Waals surface area contributed by atoms with Crippen LogP contribution in [0.3, 0.4) is 0 Å². The Bertz CT molecular complexity index is 682. The zero-order chi connectivity index (χ0) is 14.9. The zero-order valence-corrected chi connectivity index (χ0v) is 10.9. The van der Waals surface area contributed by atoms with Crippen molar-refractivity contribution in [3.05, 3.63) is 53.1 Å². The Morgan fingerprint density at radius 2 is 1.90 bits per heavy atom. The van der Waals surface area contributed by atoms with E-state index in [-0.39, 0.29) is 11.3 Å². The number of aromatic nitrogens is 2. The predicted octanol–water partition coefficient (Wildman–Crippen LogP) is 2.87. The fourth-order valence-corrected chi connectivity index (χ4v) is 1.80. The van der Waals surface area contributed by atoms with Crippen molar-refractivity contribution < 1.29 is 18.7 Å². The number of halogens is 2. The summed E-state index contributed by atoms with van der Waals surface area (Å²) in [5.41, 5.74) is 1.23. The zero-order valence-electron chi connectivity index (χ0n) is 10.9. The summed E-state index contributed by atoms with van der Waals surface area (Å²) in [6.07, 6.45) is 3.30. The molecule has 20 heavy (non-hydrogen) atoms. The van der Waals surface area contributed by atoms with Crippen LogP contribution in [0.15, 0.2) is 24.5 Å². The molecule has 1 heterocycles. The number of nitrogens with zero attached hydrogens (tertiary/aromatic N) is 2. The van der Waals surface area contributed by atoms with Crippen molar-refractivity contribution >= 4 is 12.0 Å². The largest absolute Gasteiger partial charge is 0.478 e. The van der Waals surface area contributed by atoms with Crippen LogP contribution in [-0.2, 0) is 4.79 Å². The number of carbonyl (C=O) groups is 1. The third kappa shape index (κ3) is 2.59. The van der Waals surface area contributed by atoms with Gasteiger partial charge in [0.05, 0.1) is 12.0 Å². The maximum atomic E-state index is 14.0. The lowest BCUT2D eigenvalue weighted by Gasteiger charge is -2.09. The molecule has 0 bridgehead atoms. The van der Waals surface area contributed by atoms with Crippen LogP contribution < -0.4 is 0 Å². The van der Waals surface area contributed by atoms with E-state index in [9.17, 15) is 13.6 Å². The van der Waals surface area contributed by atoms with Crippen LogP contribution >= 0.6 is 0 Å². The van der Waals surface area contributed by atoms with E-state index in [0.29, 0.717) is 11.4 Å². The van der Waals surface area contributed by atoms with E-state index in [1.54, 1.807) is 13.8 Å². The minimum atomic E-state index is -1.18. The number of rotatable bonds is 3. The maximum absolute atomic E-state index is 14.0. The van der Waals surface area contributed by atoms with Crippen LogP contribution in [0.2, 0.25) is 0 Å². The van der Waals surface area contributed by atoms with Crippen molar-refractivity contribution in [1.29, 1.82) is 0 Å². The van der Waals surface area contributed by atoms with Gasteiger partial charge in [0, 0.05) is 11.8 Å². The first kappa shape index (κ1) is 13.9. The second-order valence-electron chi connectivity index (χ2n) is 4.29. The Balaban J connectivity index is 2.52. The molecule has 0 atom stereocenters. The van der Waals surface area contributed by atoms with Gasteiger partial charge in [-0.3, -0.25) is 4.57 Å². The van der Waals surface area contributed by atoms with Crippen LogP contribution in [0, 0.1) is 25.5 Å². The standard InChI is InChI=1S/C14H12F2N2O2/c1-8-9(2)18(7-17-8)14-11(15)5-10(6-12(14)16)3-4-13(19)20/h3-7H,1-2H3,(H,19,20). The summed E-state index contributed by atoms with van der Waals surface area (Å²) < 4.78 is 29.4. The molecule has 0 saturated carbocycles. The molecule has 1 N–H and O–H groups in total. The summed E-state index contributed by atoms with van der Waals surface area (Å²) in [5.74, 6) is -2.75. The fraction of sp³-hybridized carbons (Fsp3) is 0.143. The Morgan fingerprint density at radius 1 is 1.30 bits per heavy atom. The molecular weight excluding hydrogens is 266 g/mol. The van der Waals surface area contributed by atoms with Crippen molar-refractivity contribution in [2.24, 2.45) is 0 Å². The highest BCUT2D eigenvalue weighted by molar-refractivity contribution is 5.85. The van der Waals surface area contributed by atoms with Gasteiger partial charge >= 0.3 is 5.97 Å². The van der Waals surface area contributed by atoms with Crippen molar-refractivity contribution in [2.75, 3.05) is 0 Å². The van der Waals surface area contributed by atoms with Gasteiger partial charge in [-0.15, -0.1) is 0 Å². The van der Waals surface area contributed by atoms with E-state index in [1.807, 2.05) is 0 Å². The van der Waals surface area contributed by atoms with Gasteiger partial charge < -0.3 is 5.11 Å². The number of hydrogen-bond donors (Lipinski definition) is 1. The number of carboxylic acid groups (broad SMARTS) is 1. The quantitative estimate of drug-likeness (QED) is 0.878. The molecule has 0 spiro atoms. The highest BCUT2D eigenvalue weighted by atomic mass is 19.1. The molecule has 2 aromatic rings. The van der Waals surface area contributed by atoms with Crippen LogP contribution in [0.25, 0.3) is 11.8 Å². The second kappa shape index (κ2) is 5.24. The molecule has 0 unspecified atom stereocenters. The first-order chi connectivity index (χ1) is 9.40. The summed E-state index contributed by atoms with van der Waals surface area (Å²) >= 11 is 0. The SMILES string of the molecule is Cc1ncn(-c2c(F)cc(C=CC(=O)O)cc2F)c1C. The monoisotopic (exact) mass is 278 g/mol. The number of carboxylic acids is 1. The minimum Gasteiger partial charge on any atom is -0.478 e. The topological polar surface area (TPSA) is 55.1 Å². The summed E-state index contributed by atoms with van der Waals surface area (Å²) in [5, 5.41) is 8.50. The van der Waals surface area contributed by atoms with Crippen molar-refractivity contribution in [3.63, 3.8) is 0 Å². The smallest absolute Gasteiger partial charge is 0.328 e. The lowest BCUT2D eigenvalue weighted by Crippen LogP contribution is -2.03. The minimum absolute atomic E-state index is 0.139. The Hall–Kier alpha value is -2.50. The van der Waals surface area contributed by atoms with Gasteiger partial charge in [-0.1, -0.05) is 0 Å². The van der Waals surface area contributed by atoms with Gasteiger partial charge in [0.1, 0.15) is 5.69 Å². The van der Waals surface area contributed by atoms with Crippen LogP contribution in [0.5, 0.6) is 0 Å². The van der Waals surface area contributed by atoms with Gasteiger partial charge in [-0.05, 0) is 37.6 Å². The molecule has 0 amide bonds. The third-order valence-corrected chi connectivity index (χ3v) is 2.95. The molecule has 0 aliphatic carbocycles. The van der Waals surface area contributed by atoms with E-state index in [1.165, 1.54) is 10.9 Å². The van der Waals surface area contributed by atoms with Crippen LogP contribution in [0.4, 0.5) is 8.78 Å². The molecule has 0 fully saturated rings. The first-order valence-corrected chi connectivity index (χ1v) is 5.81. The number of hydrogen-bond acceptors (Lipinski definition) is 2. The molecule has 2 rings (SSSR count). The van der Waals surface area contributed by atoms with E-state index in [2.05, 4.69) is 4.98 Å². The van der Waals surface area contributed by atoms with E-state index in [4.69, 9.17) is 5.11 Å². The fourth-order valence-electron chi connectivity index (χ4n) is 1.80. The number of aryl methyl sites for hydroxylation is 1. The summed E-state index contributed by atoms with van der Waals surface area (Å²) in [7, 11) is 0. The van der Waals surface area contributed by atoms with Crippen molar-refractivity contribution in [2.45, 2.75) is 13.8 Å². The number of benzene rings is 1. The van der Waals surface area contributed by atoms with Gasteiger partial charge in [-0.2, -0.15) is 0 Å². The maximum Gasteiger partial charge on any atom is 0.328 e. The Kier molecular flexibility index (Phi) is 3.65. The molecule has 1 aromatic carbocycles. The first-order valence-electron chi connectivity index (χ1n) is 5.81. The van der Waals surface area contributed by atoms with Crippen molar-refractivity contribution in [3.8, 4) is 5.69 Å². The summed E-state index contributed by atoms with van der Waals surface area (Å²) in [6, 6.07) is 2.15. The Labute approximate surface area is 114 Å². The molecule has 6 heteroatoms. The van der Waals surface area contributed by atoms with Gasteiger partial charge in [0.25, 0.3) is 0 Å². The Morgan fingerprint density at radius 3 is 2.35 bits per heavy atom. The predicted molar refractivity (Wildman–Crippen MR) is 69.6 cm³/mol. The lowest BCUT2D eigenvalue weighted by molar-refractivity contribution is -0.131. The molecule has 0 aliphatic rings. The molecule has 1 aromatic heterocycles.